The summed E-state index contributed by atoms with van der Waals surface area (Å²) in [6.45, 7) is 6.71. The third-order valence-electron chi connectivity index (χ3n) is 4.59. The average molecular weight is 419 g/mol. The molecule has 0 aromatic heterocycles. The zero-order chi connectivity index (χ0) is 21.4. The lowest BCUT2D eigenvalue weighted by Gasteiger charge is -2.24. The van der Waals surface area contributed by atoms with Gasteiger partial charge in [-0.15, -0.1) is 0 Å². The second-order valence-electron chi connectivity index (χ2n) is 7.27. The quantitative estimate of drug-likeness (QED) is 0.600. The van der Waals surface area contributed by atoms with Crippen LogP contribution in [-0.4, -0.2) is 41.1 Å². The lowest BCUT2D eigenvalue weighted by atomic mass is 10.0. The number of nitrogens with zero attached hydrogens (tertiary/aromatic N) is 1. The number of anilines is 1. The molecule has 0 spiro atoms. The number of hydrogen-bond donors (Lipinski definition) is 1. The van der Waals surface area contributed by atoms with E-state index < -0.39 is 10.0 Å². The van der Waals surface area contributed by atoms with Crippen molar-refractivity contribution in [2.45, 2.75) is 38.0 Å². The Hall–Kier alpha value is -2.38. The van der Waals surface area contributed by atoms with Gasteiger partial charge in [0.05, 0.1) is 10.6 Å². The minimum Gasteiger partial charge on any atom is -0.385 e. The average Bonchev–Trinajstić information content (AvgIpc) is 2.70. The highest BCUT2D eigenvalue weighted by molar-refractivity contribution is 7.92. The lowest BCUT2D eigenvalue weighted by Crippen LogP contribution is -2.41. The molecule has 158 valence electrons. The summed E-state index contributed by atoms with van der Waals surface area (Å²) >= 11 is 0. The van der Waals surface area contributed by atoms with E-state index >= 15 is 0 Å². The summed E-state index contributed by atoms with van der Waals surface area (Å²) in [5.41, 5.74) is 2.53. The number of carbonyl (C=O) groups is 1. The molecule has 0 aliphatic heterocycles. The molecule has 0 unspecified atom stereocenters. The molecule has 0 saturated carbocycles. The molecule has 1 N–H and O–H groups in total. The summed E-state index contributed by atoms with van der Waals surface area (Å²) in [5.74, 6) is -0.0278. The molecule has 0 fully saturated rings. The van der Waals surface area contributed by atoms with Crippen LogP contribution in [-0.2, 0) is 19.6 Å². The van der Waals surface area contributed by atoms with Gasteiger partial charge in [0.15, 0.2) is 0 Å². The van der Waals surface area contributed by atoms with E-state index in [1.54, 1.807) is 43.5 Å². The summed E-state index contributed by atoms with van der Waals surface area (Å²) in [6.07, 6.45) is 0.663. The highest BCUT2D eigenvalue weighted by Crippen LogP contribution is 2.26. The number of aryl methyl sites for hydroxylation is 1. The fraction of sp³-hybridized carbons (Fsp3) is 0.409. The number of nitrogens with one attached hydrogen (secondary N) is 1. The first kappa shape index (κ1) is 22.9. The molecule has 0 saturated heterocycles. The van der Waals surface area contributed by atoms with Crippen molar-refractivity contribution in [2.75, 3.05) is 31.1 Å². The molecule has 0 radical (unpaired) electrons. The van der Waals surface area contributed by atoms with E-state index in [1.165, 1.54) is 0 Å². The van der Waals surface area contributed by atoms with E-state index in [2.05, 4.69) is 19.2 Å². The summed E-state index contributed by atoms with van der Waals surface area (Å²) in [6, 6.07) is 13.9. The highest BCUT2D eigenvalue weighted by atomic mass is 32.2. The van der Waals surface area contributed by atoms with Gasteiger partial charge in [0, 0.05) is 20.3 Å². The fourth-order valence-corrected chi connectivity index (χ4v) is 4.23. The number of sulfonamides is 1. The molecule has 2 rings (SSSR count). The minimum atomic E-state index is -3.89. The maximum absolute atomic E-state index is 13.3. The molecule has 29 heavy (non-hydrogen) atoms. The molecule has 0 heterocycles. The fourth-order valence-electron chi connectivity index (χ4n) is 2.81. The molecule has 6 nitrogen and oxygen atoms in total. The van der Waals surface area contributed by atoms with Crippen LogP contribution in [0.4, 0.5) is 5.69 Å². The summed E-state index contributed by atoms with van der Waals surface area (Å²) < 4.78 is 32.7. The molecular weight excluding hydrogens is 388 g/mol. The van der Waals surface area contributed by atoms with E-state index in [0.29, 0.717) is 31.2 Å². The molecule has 0 aliphatic carbocycles. The predicted molar refractivity (Wildman–Crippen MR) is 116 cm³/mol. The molecule has 7 heteroatoms. The van der Waals surface area contributed by atoms with Gasteiger partial charge in [0.25, 0.3) is 10.0 Å². The molecule has 2 aromatic carbocycles. The number of benzene rings is 2. The van der Waals surface area contributed by atoms with Gasteiger partial charge in [-0.3, -0.25) is 9.10 Å². The topological polar surface area (TPSA) is 75.7 Å². The standard InChI is InChI=1S/C22H30N2O4S/c1-17(2)19-8-10-20(11-9-19)24(16-22(25)23-14-5-15-28-4)29(26,27)21-12-6-18(3)7-13-21/h6-13,17H,5,14-16H2,1-4H3,(H,23,25). The smallest absolute Gasteiger partial charge is 0.264 e. The van der Waals surface area contributed by atoms with E-state index in [-0.39, 0.29) is 17.3 Å². The van der Waals surface area contributed by atoms with Crippen LogP contribution in [0.3, 0.4) is 0 Å². The minimum absolute atomic E-state index is 0.156. The van der Waals surface area contributed by atoms with Crippen LogP contribution < -0.4 is 9.62 Å². The van der Waals surface area contributed by atoms with Gasteiger partial charge in [-0.1, -0.05) is 43.7 Å². The van der Waals surface area contributed by atoms with Crippen LogP contribution in [0.5, 0.6) is 0 Å². The second kappa shape index (κ2) is 10.4. The lowest BCUT2D eigenvalue weighted by molar-refractivity contribution is -0.119. The number of ether oxygens (including phenoxy) is 1. The van der Waals surface area contributed by atoms with Crippen LogP contribution in [0.2, 0.25) is 0 Å². The SMILES string of the molecule is COCCCNC(=O)CN(c1ccc(C(C)C)cc1)S(=O)(=O)c1ccc(C)cc1. The maximum atomic E-state index is 13.3. The van der Waals surface area contributed by atoms with E-state index in [9.17, 15) is 13.2 Å². The molecule has 0 bridgehead atoms. The molecule has 1 amide bonds. The summed E-state index contributed by atoms with van der Waals surface area (Å²) in [5, 5.41) is 2.75. The van der Waals surface area contributed by atoms with Crippen LogP contribution >= 0.6 is 0 Å². The van der Waals surface area contributed by atoms with Gasteiger partial charge in [0.2, 0.25) is 5.91 Å². The Morgan fingerprint density at radius 1 is 1.07 bits per heavy atom. The zero-order valence-corrected chi connectivity index (χ0v) is 18.3. The van der Waals surface area contributed by atoms with Gasteiger partial charge >= 0.3 is 0 Å². The second-order valence-corrected chi connectivity index (χ2v) is 9.13. The van der Waals surface area contributed by atoms with E-state index in [4.69, 9.17) is 4.74 Å². The first-order valence-corrected chi connectivity index (χ1v) is 11.1. The number of carbonyl (C=O) groups excluding carboxylic acids is 1. The third-order valence-corrected chi connectivity index (χ3v) is 6.38. The number of hydrogen-bond acceptors (Lipinski definition) is 4. The van der Waals surface area contributed by atoms with Gasteiger partial charge in [-0.2, -0.15) is 0 Å². The Morgan fingerprint density at radius 2 is 1.69 bits per heavy atom. The van der Waals surface area contributed by atoms with Crippen molar-refractivity contribution in [1.29, 1.82) is 0 Å². The van der Waals surface area contributed by atoms with Gasteiger partial charge in [-0.05, 0) is 49.1 Å². The van der Waals surface area contributed by atoms with E-state index in [1.807, 2.05) is 19.1 Å². The Morgan fingerprint density at radius 3 is 2.24 bits per heavy atom. The Kier molecular flexibility index (Phi) is 8.22. The largest absolute Gasteiger partial charge is 0.385 e. The molecule has 2 aromatic rings. The van der Waals surface area contributed by atoms with Crippen molar-refractivity contribution in [3.05, 3.63) is 59.7 Å². The number of methoxy groups -OCH3 is 1. The van der Waals surface area contributed by atoms with Crippen LogP contribution in [0, 0.1) is 6.92 Å². The Bertz CT molecular complexity index is 891. The van der Waals surface area contributed by atoms with Crippen molar-refractivity contribution < 1.29 is 17.9 Å². The van der Waals surface area contributed by atoms with Gasteiger partial charge < -0.3 is 10.1 Å². The number of amides is 1. The van der Waals surface area contributed by atoms with Crippen LogP contribution in [0.1, 0.15) is 37.3 Å². The Balaban J connectivity index is 2.31. The van der Waals surface area contributed by atoms with Crippen molar-refractivity contribution in [3.8, 4) is 0 Å². The normalized spacial score (nSPS) is 11.5. The van der Waals surface area contributed by atoms with Crippen molar-refractivity contribution in [3.63, 3.8) is 0 Å². The van der Waals surface area contributed by atoms with E-state index in [0.717, 1.165) is 15.4 Å². The van der Waals surface area contributed by atoms with Crippen LogP contribution in [0.25, 0.3) is 0 Å². The van der Waals surface area contributed by atoms with Crippen molar-refractivity contribution in [2.24, 2.45) is 0 Å². The highest BCUT2D eigenvalue weighted by Gasteiger charge is 2.27. The van der Waals surface area contributed by atoms with Crippen molar-refractivity contribution in [1.82, 2.24) is 5.32 Å². The number of rotatable bonds is 10. The van der Waals surface area contributed by atoms with Gasteiger partial charge in [-0.25, -0.2) is 8.42 Å². The Labute approximate surface area is 173 Å². The first-order valence-electron chi connectivity index (χ1n) is 9.70. The monoisotopic (exact) mass is 418 g/mol. The maximum Gasteiger partial charge on any atom is 0.264 e. The van der Waals surface area contributed by atoms with Crippen LogP contribution in [0.15, 0.2) is 53.4 Å². The van der Waals surface area contributed by atoms with Crippen molar-refractivity contribution >= 4 is 21.6 Å². The molecule has 0 atom stereocenters. The predicted octanol–water partition coefficient (Wildman–Crippen LogP) is 3.47. The summed E-state index contributed by atoms with van der Waals surface area (Å²) in [4.78, 5) is 12.6. The third kappa shape index (κ3) is 6.30. The zero-order valence-electron chi connectivity index (χ0n) is 17.5. The first-order chi connectivity index (χ1) is 13.8. The molecular formula is C22H30N2O4S. The molecule has 0 aliphatic rings. The van der Waals surface area contributed by atoms with Gasteiger partial charge in [0.1, 0.15) is 6.54 Å². The summed E-state index contributed by atoms with van der Waals surface area (Å²) in [7, 11) is -2.29.